The molecule has 3 N–H and O–H groups in total. The smallest absolute Gasteiger partial charge is 0.241 e. The zero-order chi connectivity index (χ0) is 22.1. The molecule has 2 atom stereocenters. The molecule has 7 nitrogen and oxygen atoms in total. The molecular weight excluding hydrogens is 438 g/mol. The number of nitrogens with one attached hydrogen (secondary N) is 3. The summed E-state index contributed by atoms with van der Waals surface area (Å²) >= 11 is 0.843. The molecule has 2 aliphatic heterocycles. The van der Waals surface area contributed by atoms with Crippen LogP contribution >= 0.6 is 11.8 Å². The molecule has 0 aliphatic carbocycles. The Morgan fingerprint density at radius 3 is 2.68 bits per heavy atom. The third-order valence-corrected chi connectivity index (χ3v) is 5.58. The minimum Gasteiger partial charge on any atom is -0.323 e. The molecule has 2 amide bonds. The molecule has 2 aromatic rings. The lowest BCUT2D eigenvalue weighted by atomic mass is 10.0. The van der Waals surface area contributed by atoms with Gasteiger partial charge >= 0.3 is 0 Å². The van der Waals surface area contributed by atoms with Gasteiger partial charge in [0.05, 0.1) is 23.0 Å². The van der Waals surface area contributed by atoms with Crippen LogP contribution in [0.2, 0.25) is 0 Å². The number of nitrogens with zero attached hydrogens (tertiary/aromatic N) is 2. The first-order valence-electron chi connectivity index (χ1n) is 9.06. The summed E-state index contributed by atoms with van der Waals surface area (Å²) in [5.41, 5.74) is 5.37. The molecule has 162 valence electrons. The number of carbonyl (C=O) groups is 2. The van der Waals surface area contributed by atoms with Gasteiger partial charge in [-0.05, 0) is 24.3 Å². The number of thioether (sulfide) groups is 1. The van der Waals surface area contributed by atoms with Gasteiger partial charge < -0.3 is 5.32 Å². The Hall–Kier alpha value is -2.96. The fourth-order valence-corrected chi connectivity index (χ4v) is 3.99. The summed E-state index contributed by atoms with van der Waals surface area (Å²) in [5.74, 6) is -5.70. The minimum atomic E-state index is -1.14. The number of hydrogen-bond acceptors (Lipinski definition) is 6. The van der Waals surface area contributed by atoms with Crippen molar-refractivity contribution in [2.75, 3.05) is 22.5 Å². The van der Waals surface area contributed by atoms with Crippen LogP contribution in [0.1, 0.15) is 0 Å². The molecule has 0 bridgehead atoms. The molecule has 0 saturated carbocycles. The molecule has 2 aliphatic rings. The molecule has 12 heteroatoms. The van der Waals surface area contributed by atoms with E-state index < -0.39 is 47.2 Å². The SMILES string of the molecule is O=C(CSC1=NC2NNCC2C(=O)N1c1ccc(F)c(F)c1)Nc1cc(F)ccc1F. The van der Waals surface area contributed by atoms with Gasteiger partial charge in [0.2, 0.25) is 11.8 Å². The van der Waals surface area contributed by atoms with Gasteiger partial charge in [0, 0.05) is 18.7 Å². The topological polar surface area (TPSA) is 85.8 Å². The number of fused-ring (bicyclic) bond motifs is 1. The van der Waals surface area contributed by atoms with Gasteiger partial charge in [-0.2, -0.15) is 0 Å². The number of amides is 2. The van der Waals surface area contributed by atoms with Crippen molar-refractivity contribution in [2.24, 2.45) is 10.9 Å². The van der Waals surface area contributed by atoms with Crippen molar-refractivity contribution < 1.29 is 27.2 Å². The van der Waals surface area contributed by atoms with E-state index in [4.69, 9.17) is 0 Å². The van der Waals surface area contributed by atoms with Crippen LogP contribution in [-0.4, -0.2) is 35.4 Å². The highest BCUT2D eigenvalue weighted by Gasteiger charge is 2.42. The number of rotatable bonds is 4. The summed E-state index contributed by atoms with van der Waals surface area (Å²) in [5, 5.41) is 2.32. The summed E-state index contributed by atoms with van der Waals surface area (Å²) in [6.45, 7) is 0.282. The van der Waals surface area contributed by atoms with Crippen LogP contribution in [0.3, 0.4) is 0 Å². The van der Waals surface area contributed by atoms with Gasteiger partial charge in [0.1, 0.15) is 17.8 Å². The van der Waals surface area contributed by atoms with E-state index in [1.165, 1.54) is 6.07 Å². The maximum absolute atomic E-state index is 13.8. The first-order valence-corrected chi connectivity index (χ1v) is 10.0. The summed E-state index contributed by atoms with van der Waals surface area (Å²) in [4.78, 5) is 30.7. The highest BCUT2D eigenvalue weighted by Crippen LogP contribution is 2.30. The summed E-state index contributed by atoms with van der Waals surface area (Å²) in [6.07, 6.45) is -0.597. The second kappa shape index (κ2) is 8.65. The highest BCUT2D eigenvalue weighted by molar-refractivity contribution is 8.14. The van der Waals surface area contributed by atoms with E-state index in [-0.39, 0.29) is 28.8 Å². The first kappa shape index (κ1) is 21.3. The van der Waals surface area contributed by atoms with Crippen LogP contribution in [0.25, 0.3) is 0 Å². The molecule has 2 heterocycles. The average Bonchev–Trinajstić information content (AvgIpc) is 3.20. The molecular formula is C19H15F4N5O2S. The Morgan fingerprint density at radius 2 is 1.90 bits per heavy atom. The van der Waals surface area contributed by atoms with E-state index >= 15 is 0 Å². The van der Waals surface area contributed by atoms with Gasteiger partial charge in [-0.15, -0.1) is 0 Å². The maximum atomic E-state index is 13.8. The fraction of sp³-hybridized carbons (Fsp3) is 0.211. The number of amidine groups is 1. The zero-order valence-electron chi connectivity index (χ0n) is 15.7. The lowest BCUT2D eigenvalue weighted by molar-refractivity contribution is -0.121. The zero-order valence-corrected chi connectivity index (χ0v) is 16.5. The number of halogens is 4. The normalized spacial score (nSPS) is 20.5. The Bertz CT molecular complexity index is 1080. The van der Waals surface area contributed by atoms with Gasteiger partial charge in [-0.3, -0.25) is 19.9 Å². The number of carbonyl (C=O) groups excluding carboxylic acids is 2. The number of benzene rings is 2. The van der Waals surface area contributed by atoms with Crippen LogP contribution < -0.4 is 21.1 Å². The Labute approximate surface area is 177 Å². The standard InChI is InChI=1S/C19H15F4N5O2S/c20-9-1-3-13(22)15(5-9)25-16(29)8-31-19-26-17-11(7-24-27-17)18(30)28(19)10-2-4-12(21)14(23)6-10/h1-6,11,17,24,27H,7-8H2,(H,25,29). The van der Waals surface area contributed by atoms with Crippen molar-refractivity contribution in [2.45, 2.75) is 6.17 Å². The van der Waals surface area contributed by atoms with Crippen LogP contribution in [0, 0.1) is 29.2 Å². The van der Waals surface area contributed by atoms with E-state index in [1.54, 1.807) is 0 Å². The van der Waals surface area contributed by atoms with Gasteiger partial charge in [0.25, 0.3) is 0 Å². The number of hydrazine groups is 1. The predicted molar refractivity (Wildman–Crippen MR) is 107 cm³/mol. The largest absolute Gasteiger partial charge is 0.323 e. The summed E-state index contributed by atoms with van der Waals surface area (Å²) in [7, 11) is 0. The van der Waals surface area contributed by atoms with E-state index in [0.29, 0.717) is 0 Å². The third-order valence-electron chi connectivity index (χ3n) is 4.63. The molecule has 31 heavy (non-hydrogen) atoms. The first-order chi connectivity index (χ1) is 14.8. The lowest BCUT2D eigenvalue weighted by Crippen LogP contribution is -2.49. The van der Waals surface area contributed by atoms with E-state index in [9.17, 15) is 27.2 Å². The molecule has 0 aromatic heterocycles. The van der Waals surface area contributed by atoms with Crippen LogP contribution in [0.4, 0.5) is 28.9 Å². The van der Waals surface area contributed by atoms with Crippen molar-refractivity contribution in [3.05, 3.63) is 59.7 Å². The Morgan fingerprint density at radius 1 is 1.13 bits per heavy atom. The van der Waals surface area contributed by atoms with Gasteiger partial charge in [0.15, 0.2) is 16.8 Å². The third kappa shape index (κ3) is 4.40. The van der Waals surface area contributed by atoms with Crippen LogP contribution in [0.5, 0.6) is 0 Å². The van der Waals surface area contributed by atoms with Crippen molar-refractivity contribution in [1.82, 2.24) is 10.9 Å². The molecule has 1 fully saturated rings. The minimum absolute atomic E-state index is 0.0529. The van der Waals surface area contributed by atoms with E-state index in [2.05, 4.69) is 21.2 Å². The molecule has 4 rings (SSSR count). The lowest BCUT2D eigenvalue weighted by Gasteiger charge is -2.32. The molecule has 0 radical (unpaired) electrons. The number of aliphatic imine (C=N–C) groups is 1. The summed E-state index contributed by atoms with van der Waals surface area (Å²) < 4.78 is 54.1. The fourth-order valence-electron chi connectivity index (χ4n) is 3.14. The number of anilines is 2. The van der Waals surface area contributed by atoms with Crippen molar-refractivity contribution >= 4 is 40.1 Å². The molecule has 0 spiro atoms. The van der Waals surface area contributed by atoms with Gasteiger partial charge in [-0.25, -0.2) is 28.0 Å². The Kier molecular flexibility index (Phi) is 5.94. The summed E-state index contributed by atoms with van der Waals surface area (Å²) in [6, 6.07) is 5.61. The monoisotopic (exact) mass is 453 g/mol. The van der Waals surface area contributed by atoms with Crippen molar-refractivity contribution in [1.29, 1.82) is 0 Å². The van der Waals surface area contributed by atoms with Crippen LogP contribution in [-0.2, 0) is 9.59 Å². The molecule has 2 unspecified atom stereocenters. The maximum Gasteiger partial charge on any atom is 0.241 e. The highest BCUT2D eigenvalue weighted by atomic mass is 32.2. The quantitative estimate of drug-likeness (QED) is 0.619. The second-order valence-corrected chi connectivity index (χ2v) is 7.66. The number of hydrogen-bond donors (Lipinski definition) is 3. The second-order valence-electron chi connectivity index (χ2n) is 6.72. The van der Waals surface area contributed by atoms with E-state index in [1.807, 2.05) is 0 Å². The molecule has 2 aromatic carbocycles. The van der Waals surface area contributed by atoms with E-state index in [0.717, 1.165) is 47.0 Å². The molecule has 1 saturated heterocycles. The van der Waals surface area contributed by atoms with Gasteiger partial charge in [-0.1, -0.05) is 11.8 Å². The predicted octanol–water partition coefficient (Wildman–Crippen LogP) is 2.37. The van der Waals surface area contributed by atoms with Crippen LogP contribution in [0.15, 0.2) is 41.4 Å². The average molecular weight is 453 g/mol. The Balaban J connectivity index is 1.55. The van der Waals surface area contributed by atoms with Crippen molar-refractivity contribution in [3.63, 3.8) is 0 Å². The van der Waals surface area contributed by atoms with Crippen molar-refractivity contribution in [3.8, 4) is 0 Å².